The standard InChI is InChI=1S/C19H32O3/c1-7-15(20)12-17-14(6)10-11-16(13(4)5)18(17)19(21-8-2)22-9-3/h16-19H,4,6-12H2,1-3,5H3/t16-,17-,18-/m1/s1. The molecule has 0 heterocycles. The first-order valence-corrected chi connectivity index (χ1v) is 8.54. The number of ether oxygens (including phenoxy) is 2. The predicted octanol–water partition coefficient (Wildman–Crippen LogP) is 4.53. The van der Waals surface area contributed by atoms with E-state index < -0.39 is 0 Å². The number of hydrogen-bond donors (Lipinski definition) is 0. The van der Waals surface area contributed by atoms with Crippen LogP contribution in [0.15, 0.2) is 24.3 Å². The molecule has 0 aromatic carbocycles. The zero-order valence-electron chi connectivity index (χ0n) is 14.7. The van der Waals surface area contributed by atoms with E-state index in [1.54, 1.807) is 0 Å². The van der Waals surface area contributed by atoms with Gasteiger partial charge in [-0.2, -0.15) is 0 Å². The van der Waals surface area contributed by atoms with Crippen LogP contribution in [0.25, 0.3) is 0 Å². The summed E-state index contributed by atoms with van der Waals surface area (Å²) in [6, 6.07) is 0. The van der Waals surface area contributed by atoms with Gasteiger partial charge in [-0.3, -0.25) is 4.79 Å². The molecule has 3 heteroatoms. The van der Waals surface area contributed by atoms with Crippen LogP contribution in [0.1, 0.15) is 53.4 Å². The van der Waals surface area contributed by atoms with E-state index in [1.807, 2.05) is 20.8 Å². The maximum absolute atomic E-state index is 12.0. The molecule has 1 aliphatic carbocycles. The third kappa shape index (κ3) is 4.79. The normalized spacial score (nSPS) is 25.5. The zero-order valence-corrected chi connectivity index (χ0v) is 14.7. The molecule has 1 rings (SSSR count). The fraction of sp³-hybridized carbons (Fsp3) is 0.737. The van der Waals surface area contributed by atoms with Crippen LogP contribution in [0.5, 0.6) is 0 Å². The Hall–Kier alpha value is -0.930. The van der Waals surface area contributed by atoms with Gasteiger partial charge in [0.1, 0.15) is 5.78 Å². The number of hydrogen-bond acceptors (Lipinski definition) is 3. The molecule has 1 saturated carbocycles. The summed E-state index contributed by atoms with van der Waals surface area (Å²) in [6.07, 6.45) is 2.80. The van der Waals surface area contributed by atoms with Crippen LogP contribution in [-0.2, 0) is 14.3 Å². The van der Waals surface area contributed by atoms with E-state index in [2.05, 4.69) is 20.1 Å². The Balaban J connectivity index is 3.10. The first-order valence-electron chi connectivity index (χ1n) is 8.54. The van der Waals surface area contributed by atoms with Crippen molar-refractivity contribution in [2.75, 3.05) is 13.2 Å². The highest BCUT2D eigenvalue weighted by molar-refractivity contribution is 5.78. The zero-order chi connectivity index (χ0) is 16.7. The van der Waals surface area contributed by atoms with Crippen molar-refractivity contribution in [3.05, 3.63) is 24.3 Å². The Morgan fingerprint density at radius 1 is 1.27 bits per heavy atom. The molecule has 3 nitrogen and oxygen atoms in total. The lowest BCUT2D eigenvalue weighted by molar-refractivity contribution is -0.188. The van der Waals surface area contributed by atoms with E-state index in [0.717, 1.165) is 24.0 Å². The highest BCUT2D eigenvalue weighted by Crippen LogP contribution is 2.45. The highest BCUT2D eigenvalue weighted by Gasteiger charge is 2.42. The lowest BCUT2D eigenvalue weighted by Crippen LogP contribution is -2.42. The molecular formula is C19H32O3. The minimum Gasteiger partial charge on any atom is -0.353 e. The molecule has 0 N–H and O–H groups in total. The van der Waals surface area contributed by atoms with Crippen LogP contribution in [0.4, 0.5) is 0 Å². The van der Waals surface area contributed by atoms with Crippen LogP contribution >= 0.6 is 0 Å². The Kier molecular flexibility index (Phi) is 8.05. The van der Waals surface area contributed by atoms with Crippen LogP contribution in [0, 0.1) is 17.8 Å². The second-order valence-corrected chi connectivity index (χ2v) is 6.21. The summed E-state index contributed by atoms with van der Waals surface area (Å²) in [5.74, 6) is 0.869. The van der Waals surface area contributed by atoms with E-state index >= 15 is 0 Å². The van der Waals surface area contributed by atoms with E-state index in [9.17, 15) is 4.79 Å². The van der Waals surface area contributed by atoms with E-state index in [4.69, 9.17) is 9.47 Å². The molecule has 3 atom stereocenters. The fourth-order valence-electron chi connectivity index (χ4n) is 3.49. The van der Waals surface area contributed by atoms with Crippen molar-refractivity contribution in [1.82, 2.24) is 0 Å². The van der Waals surface area contributed by atoms with Crippen LogP contribution in [-0.4, -0.2) is 25.3 Å². The smallest absolute Gasteiger partial charge is 0.161 e. The van der Waals surface area contributed by atoms with E-state index in [-0.39, 0.29) is 23.9 Å². The Morgan fingerprint density at radius 3 is 2.32 bits per heavy atom. The molecule has 0 unspecified atom stereocenters. The molecule has 0 radical (unpaired) electrons. The van der Waals surface area contributed by atoms with Gasteiger partial charge in [0.15, 0.2) is 6.29 Å². The van der Waals surface area contributed by atoms with E-state index in [1.165, 1.54) is 0 Å². The van der Waals surface area contributed by atoms with Gasteiger partial charge in [-0.1, -0.05) is 31.2 Å². The monoisotopic (exact) mass is 308 g/mol. The third-order valence-electron chi connectivity index (χ3n) is 4.68. The number of rotatable bonds is 9. The van der Waals surface area contributed by atoms with Gasteiger partial charge in [-0.15, -0.1) is 0 Å². The van der Waals surface area contributed by atoms with Crippen LogP contribution in [0.3, 0.4) is 0 Å². The molecule has 126 valence electrons. The van der Waals surface area contributed by atoms with Crippen molar-refractivity contribution in [2.24, 2.45) is 17.8 Å². The lowest BCUT2D eigenvalue weighted by atomic mass is 9.65. The molecule has 0 spiro atoms. The van der Waals surface area contributed by atoms with Crippen LogP contribution in [0.2, 0.25) is 0 Å². The Morgan fingerprint density at radius 2 is 1.86 bits per heavy atom. The number of ketones is 1. The van der Waals surface area contributed by atoms with Gasteiger partial charge in [0.2, 0.25) is 0 Å². The summed E-state index contributed by atoms with van der Waals surface area (Å²) in [7, 11) is 0. The summed E-state index contributed by atoms with van der Waals surface area (Å²) in [6.45, 7) is 17.5. The van der Waals surface area contributed by atoms with Crippen molar-refractivity contribution < 1.29 is 14.3 Å². The molecule has 0 aromatic heterocycles. The van der Waals surface area contributed by atoms with Gasteiger partial charge in [0, 0.05) is 32.0 Å². The topological polar surface area (TPSA) is 35.5 Å². The lowest BCUT2D eigenvalue weighted by Gasteiger charge is -2.43. The number of Topliss-reactive ketones (excluding diaryl/α,β-unsaturated/α-hetero) is 1. The molecule has 0 bridgehead atoms. The van der Waals surface area contributed by atoms with Crippen molar-refractivity contribution in [2.45, 2.75) is 59.7 Å². The van der Waals surface area contributed by atoms with Gasteiger partial charge in [-0.25, -0.2) is 0 Å². The average molecular weight is 308 g/mol. The molecular weight excluding hydrogens is 276 g/mol. The molecule has 1 fully saturated rings. The quantitative estimate of drug-likeness (QED) is 0.464. The summed E-state index contributed by atoms with van der Waals surface area (Å²) < 4.78 is 11.8. The highest BCUT2D eigenvalue weighted by atomic mass is 16.7. The number of allylic oxidation sites excluding steroid dienone is 2. The number of carbonyl (C=O) groups is 1. The average Bonchev–Trinajstić information content (AvgIpc) is 2.48. The fourth-order valence-corrected chi connectivity index (χ4v) is 3.49. The summed E-state index contributed by atoms with van der Waals surface area (Å²) in [5, 5.41) is 0. The van der Waals surface area contributed by atoms with Gasteiger partial charge in [0.25, 0.3) is 0 Å². The molecule has 0 aromatic rings. The van der Waals surface area contributed by atoms with E-state index in [0.29, 0.717) is 32.0 Å². The first kappa shape index (κ1) is 19.1. The minimum atomic E-state index is -0.289. The largest absolute Gasteiger partial charge is 0.353 e. The number of carbonyl (C=O) groups excluding carboxylic acids is 1. The summed E-state index contributed by atoms with van der Waals surface area (Å²) in [5.41, 5.74) is 2.31. The third-order valence-corrected chi connectivity index (χ3v) is 4.68. The minimum absolute atomic E-state index is 0.131. The Bertz CT molecular complexity index is 393. The molecule has 0 saturated heterocycles. The molecule has 0 amide bonds. The van der Waals surface area contributed by atoms with Gasteiger partial charge < -0.3 is 9.47 Å². The predicted molar refractivity (Wildman–Crippen MR) is 90.6 cm³/mol. The molecule has 1 aliphatic rings. The van der Waals surface area contributed by atoms with Crippen molar-refractivity contribution >= 4 is 5.78 Å². The first-order chi connectivity index (χ1) is 10.5. The molecule has 0 aliphatic heterocycles. The summed E-state index contributed by atoms with van der Waals surface area (Å²) >= 11 is 0. The van der Waals surface area contributed by atoms with Gasteiger partial charge in [0.05, 0.1) is 0 Å². The van der Waals surface area contributed by atoms with Crippen molar-refractivity contribution in [1.29, 1.82) is 0 Å². The van der Waals surface area contributed by atoms with Crippen molar-refractivity contribution in [3.63, 3.8) is 0 Å². The maximum Gasteiger partial charge on any atom is 0.161 e. The Labute approximate surface area is 135 Å². The van der Waals surface area contributed by atoms with Crippen molar-refractivity contribution in [3.8, 4) is 0 Å². The summed E-state index contributed by atoms with van der Waals surface area (Å²) in [4.78, 5) is 12.0. The van der Waals surface area contributed by atoms with Gasteiger partial charge >= 0.3 is 0 Å². The molecule has 22 heavy (non-hydrogen) atoms. The van der Waals surface area contributed by atoms with Crippen LogP contribution < -0.4 is 0 Å². The second-order valence-electron chi connectivity index (χ2n) is 6.21. The second kappa shape index (κ2) is 9.26. The SMILES string of the molecule is C=C(C)[C@H]1CCC(=C)[C@@H](CC(=O)CC)[C@@H]1C(OCC)OCC. The maximum atomic E-state index is 12.0. The van der Waals surface area contributed by atoms with Gasteiger partial charge in [-0.05, 0) is 45.4 Å².